The highest BCUT2D eigenvalue weighted by molar-refractivity contribution is 7.89. The molecule has 1 aromatic carbocycles. The van der Waals surface area contributed by atoms with Crippen LogP contribution >= 0.6 is 0 Å². The fourth-order valence-electron chi connectivity index (χ4n) is 1.43. The number of hydrogen-bond donors (Lipinski definition) is 1. The van der Waals surface area contributed by atoms with Gasteiger partial charge in [0.2, 0.25) is 0 Å². The van der Waals surface area contributed by atoms with E-state index in [9.17, 15) is 13.2 Å². The third-order valence-corrected chi connectivity index (χ3v) is 4.69. The van der Waals surface area contributed by atoms with Gasteiger partial charge in [-0.1, -0.05) is 11.4 Å². The number of carbonyl (C=O) groups is 1. The summed E-state index contributed by atoms with van der Waals surface area (Å²) in [7, 11) is -1.11. The molecule has 0 aromatic heterocycles. The summed E-state index contributed by atoms with van der Waals surface area (Å²) in [5.74, 6) is -0.219. The summed E-state index contributed by atoms with van der Waals surface area (Å²) >= 11 is 0. The predicted molar refractivity (Wildman–Crippen MR) is 75.6 cm³/mol. The Morgan fingerprint density at radius 2 is 1.90 bits per heavy atom. The van der Waals surface area contributed by atoms with E-state index < -0.39 is 10.0 Å². The monoisotopic (exact) mass is 300 g/mol. The lowest BCUT2D eigenvalue weighted by Crippen LogP contribution is -2.32. The number of rotatable bonds is 6. The van der Waals surface area contributed by atoms with E-state index >= 15 is 0 Å². The molecule has 0 saturated carbocycles. The number of carbonyl (C=O) groups excluding carboxylic acids is 1. The summed E-state index contributed by atoms with van der Waals surface area (Å²) in [6.07, 6.45) is 0.830. The van der Waals surface area contributed by atoms with Gasteiger partial charge in [0.25, 0.3) is 15.9 Å². The number of benzene rings is 1. The van der Waals surface area contributed by atoms with Crippen LogP contribution < -0.4 is 5.32 Å². The van der Waals surface area contributed by atoms with Crippen molar-refractivity contribution in [3.63, 3.8) is 0 Å². The summed E-state index contributed by atoms with van der Waals surface area (Å²) in [5.41, 5.74) is 0.421. The number of amides is 1. The molecule has 0 radical (unpaired) electrons. The van der Waals surface area contributed by atoms with E-state index in [-0.39, 0.29) is 16.8 Å². The normalized spacial score (nSPS) is 13.2. The number of sulfonamides is 1. The Labute approximate surface area is 119 Å². The number of nitrogens with zero attached hydrogens (tertiary/aromatic N) is 1. The van der Waals surface area contributed by atoms with E-state index in [4.69, 9.17) is 0 Å². The third kappa shape index (κ3) is 3.78. The second-order valence-corrected chi connectivity index (χ2v) is 6.34. The van der Waals surface area contributed by atoms with Crippen LogP contribution in [-0.4, -0.2) is 39.0 Å². The zero-order chi connectivity index (χ0) is 15.3. The molecule has 0 aliphatic carbocycles. The average Bonchev–Trinajstić information content (AvgIpc) is 2.46. The number of hydroxylamine groups is 1. The molecule has 1 rings (SSSR count). The van der Waals surface area contributed by atoms with Crippen LogP contribution in [0.15, 0.2) is 29.2 Å². The van der Waals surface area contributed by atoms with Crippen LogP contribution in [0, 0.1) is 0 Å². The van der Waals surface area contributed by atoms with Crippen molar-refractivity contribution in [3.05, 3.63) is 29.8 Å². The highest BCUT2D eigenvalue weighted by Crippen LogP contribution is 2.15. The maximum atomic E-state index is 12.0. The molecule has 0 saturated heterocycles. The van der Waals surface area contributed by atoms with Crippen LogP contribution in [0.3, 0.4) is 0 Å². The smallest absolute Gasteiger partial charge is 0.264 e. The third-order valence-electron chi connectivity index (χ3n) is 3.00. The Kier molecular flexibility index (Phi) is 5.67. The van der Waals surface area contributed by atoms with E-state index in [2.05, 4.69) is 10.2 Å². The number of hydrogen-bond acceptors (Lipinski definition) is 4. The molecule has 1 amide bonds. The first-order valence-electron chi connectivity index (χ1n) is 6.26. The van der Waals surface area contributed by atoms with Gasteiger partial charge in [0.15, 0.2) is 0 Å². The average molecular weight is 300 g/mol. The SMILES string of the molecule is CCC(C)NC(=O)c1ccc(S(=O)(=O)N(C)OC)cc1. The molecule has 20 heavy (non-hydrogen) atoms. The molecule has 0 aliphatic rings. The lowest BCUT2D eigenvalue weighted by Gasteiger charge is -2.15. The van der Waals surface area contributed by atoms with Gasteiger partial charge in [-0.05, 0) is 37.6 Å². The second kappa shape index (κ2) is 6.83. The van der Waals surface area contributed by atoms with Crippen molar-refractivity contribution in [2.75, 3.05) is 14.2 Å². The van der Waals surface area contributed by atoms with Gasteiger partial charge < -0.3 is 5.32 Å². The van der Waals surface area contributed by atoms with Crippen molar-refractivity contribution in [1.82, 2.24) is 9.79 Å². The molecule has 0 bridgehead atoms. The first-order chi connectivity index (χ1) is 9.32. The summed E-state index contributed by atoms with van der Waals surface area (Å²) < 4.78 is 24.7. The Balaban J connectivity index is 2.92. The number of nitrogens with one attached hydrogen (secondary N) is 1. The molecule has 1 N–H and O–H groups in total. The minimum absolute atomic E-state index is 0.0712. The lowest BCUT2D eigenvalue weighted by molar-refractivity contribution is -0.0258. The maximum absolute atomic E-state index is 12.0. The van der Waals surface area contributed by atoms with Crippen molar-refractivity contribution < 1.29 is 18.0 Å². The standard InChI is InChI=1S/C13H20N2O4S/c1-5-10(2)14-13(16)11-6-8-12(9-7-11)20(17,18)15(3)19-4/h6-10H,5H2,1-4H3,(H,14,16). The molecule has 0 heterocycles. The van der Waals surface area contributed by atoms with Crippen LogP contribution in [0.1, 0.15) is 30.6 Å². The van der Waals surface area contributed by atoms with Crippen molar-refractivity contribution in [3.8, 4) is 0 Å². The minimum Gasteiger partial charge on any atom is -0.350 e. The van der Waals surface area contributed by atoms with Gasteiger partial charge in [-0.2, -0.15) is 0 Å². The van der Waals surface area contributed by atoms with Crippen molar-refractivity contribution in [2.45, 2.75) is 31.2 Å². The zero-order valence-electron chi connectivity index (χ0n) is 12.1. The molecular formula is C13H20N2O4S. The van der Waals surface area contributed by atoms with Crippen LogP contribution in [-0.2, 0) is 14.9 Å². The topological polar surface area (TPSA) is 75.7 Å². The molecule has 0 spiro atoms. The maximum Gasteiger partial charge on any atom is 0.264 e. The van der Waals surface area contributed by atoms with E-state index in [1.807, 2.05) is 13.8 Å². The van der Waals surface area contributed by atoms with Crippen LogP contribution in [0.25, 0.3) is 0 Å². The molecular weight excluding hydrogens is 280 g/mol. The first-order valence-corrected chi connectivity index (χ1v) is 7.71. The van der Waals surface area contributed by atoms with Gasteiger partial charge >= 0.3 is 0 Å². The van der Waals surface area contributed by atoms with Crippen molar-refractivity contribution >= 4 is 15.9 Å². The predicted octanol–water partition coefficient (Wildman–Crippen LogP) is 1.40. The van der Waals surface area contributed by atoms with Gasteiger partial charge in [-0.15, -0.1) is 0 Å². The van der Waals surface area contributed by atoms with Gasteiger partial charge in [0, 0.05) is 18.7 Å². The highest BCUT2D eigenvalue weighted by atomic mass is 32.2. The molecule has 7 heteroatoms. The Bertz CT molecular complexity index is 554. The molecule has 1 unspecified atom stereocenters. The van der Waals surface area contributed by atoms with Gasteiger partial charge in [0.1, 0.15) is 0 Å². The Morgan fingerprint density at radius 1 is 1.35 bits per heavy atom. The van der Waals surface area contributed by atoms with Crippen LogP contribution in [0.5, 0.6) is 0 Å². The van der Waals surface area contributed by atoms with Crippen molar-refractivity contribution in [1.29, 1.82) is 0 Å². The van der Waals surface area contributed by atoms with E-state index in [1.165, 1.54) is 38.4 Å². The molecule has 6 nitrogen and oxygen atoms in total. The molecule has 0 fully saturated rings. The van der Waals surface area contributed by atoms with Gasteiger partial charge in [-0.25, -0.2) is 8.42 Å². The quantitative estimate of drug-likeness (QED) is 0.806. The summed E-state index contributed by atoms with van der Waals surface area (Å²) in [4.78, 5) is 16.6. The molecule has 1 aromatic rings. The first kappa shape index (κ1) is 16.6. The van der Waals surface area contributed by atoms with Gasteiger partial charge in [0.05, 0.1) is 12.0 Å². The van der Waals surface area contributed by atoms with Gasteiger partial charge in [-0.3, -0.25) is 9.63 Å². The molecule has 0 aliphatic heterocycles. The zero-order valence-corrected chi connectivity index (χ0v) is 12.9. The summed E-state index contributed by atoms with van der Waals surface area (Å²) in [5, 5.41) is 2.81. The Hall–Kier alpha value is -1.44. The van der Waals surface area contributed by atoms with Crippen molar-refractivity contribution in [2.24, 2.45) is 0 Å². The molecule has 112 valence electrons. The molecule has 1 atom stereocenters. The second-order valence-electron chi connectivity index (χ2n) is 4.40. The summed E-state index contributed by atoms with van der Waals surface area (Å²) in [6, 6.07) is 5.81. The largest absolute Gasteiger partial charge is 0.350 e. The van der Waals surface area contributed by atoms with E-state index in [0.29, 0.717) is 5.56 Å². The van der Waals surface area contributed by atoms with E-state index in [1.54, 1.807) is 0 Å². The van der Waals surface area contributed by atoms with Crippen LogP contribution in [0.2, 0.25) is 0 Å². The minimum atomic E-state index is -3.68. The fourth-order valence-corrected chi connectivity index (χ4v) is 2.41. The van der Waals surface area contributed by atoms with E-state index in [0.717, 1.165) is 10.9 Å². The fraction of sp³-hybridized carbons (Fsp3) is 0.462. The van der Waals surface area contributed by atoms with Crippen LogP contribution in [0.4, 0.5) is 0 Å². The Morgan fingerprint density at radius 3 is 2.35 bits per heavy atom. The lowest BCUT2D eigenvalue weighted by atomic mass is 10.2. The summed E-state index contributed by atoms with van der Waals surface area (Å²) in [6.45, 7) is 3.88. The highest BCUT2D eigenvalue weighted by Gasteiger charge is 2.21.